The van der Waals surface area contributed by atoms with E-state index in [2.05, 4.69) is 30.6 Å². The van der Waals surface area contributed by atoms with Crippen molar-refractivity contribution < 1.29 is 0 Å². The minimum Gasteiger partial charge on any atom is -0.338 e. The van der Waals surface area contributed by atoms with Gasteiger partial charge >= 0.3 is 0 Å². The van der Waals surface area contributed by atoms with Gasteiger partial charge in [-0.2, -0.15) is 0 Å². The molecule has 0 radical (unpaired) electrons. The first-order chi connectivity index (χ1) is 16.0. The van der Waals surface area contributed by atoms with Crippen LogP contribution in [0.1, 0.15) is 124 Å². The molecule has 3 nitrogen and oxygen atoms in total. The largest absolute Gasteiger partial charge is 0.338 e. The molecular weight excluding hydrogens is 402 g/mol. The monoisotopic (exact) mass is 455 g/mol. The Morgan fingerprint density at radius 3 is 1.85 bits per heavy atom. The molecule has 0 N–H and O–H groups in total. The molecule has 0 bridgehead atoms. The second kappa shape index (κ2) is 10.5. The van der Waals surface area contributed by atoms with E-state index in [4.69, 9.17) is 4.99 Å². The van der Waals surface area contributed by atoms with Crippen LogP contribution in [-0.2, 0) is 0 Å². The fraction of sp³-hybridized carbons (Fsp3) is 0.967. The topological polar surface area (TPSA) is 18.8 Å². The molecule has 0 unspecified atom stereocenters. The zero-order chi connectivity index (χ0) is 22.8. The highest BCUT2D eigenvalue weighted by atomic mass is 15.5. The second-order valence-electron chi connectivity index (χ2n) is 13.8. The summed E-state index contributed by atoms with van der Waals surface area (Å²) in [6.07, 6.45) is 23.4. The average Bonchev–Trinajstić information content (AvgIpc) is 3.35. The van der Waals surface area contributed by atoms with E-state index in [1.54, 1.807) is 0 Å². The molecule has 0 amide bonds. The Labute approximate surface area is 205 Å². The molecule has 0 aromatic heterocycles. The van der Waals surface area contributed by atoms with E-state index in [1.165, 1.54) is 122 Å². The number of nitrogens with zero attached hydrogens (tertiary/aromatic N) is 3. The van der Waals surface area contributed by atoms with Gasteiger partial charge in [-0.15, -0.1) is 0 Å². The van der Waals surface area contributed by atoms with Crippen LogP contribution in [0.25, 0.3) is 0 Å². The van der Waals surface area contributed by atoms with Gasteiger partial charge in [0.25, 0.3) is 0 Å². The van der Waals surface area contributed by atoms with Gasteiger partial charge in [-0.25, -0.2) is 0 Å². The number of guanidine groups is 1. The van der Waals surface area contributed by atoms with Crippen molar-refractivity contribution in [3.63, 3.8) is 0 Å². The number of hydrogen-bond acceptors (Lipinski definition) is 3. The zero-order valence-corrected chi connectivity index (χ0v) is 22.2. The molecule has 0 spiro atoms. The lowest BCUT2D eigenvalue weighted by Crippen LogP contribution is -2.41. The Hall–Kier alpha value is -0.730. The molecule has 3 heteroatoms. The lowest BCUT2D eigenvalue weighted by molar-refractivity contribution is 0.130. The highest BCUT2D eigenvalue weighted by Crippen LogP contribution is 2.42. The van der Waals surface area contributed by atoms with Crippen molar-refractivity contribution in [1.82, 2.24) is 9.80 Å². The van der Waals surface area contributed by atoms with Gasteiger partial charge in [0.2, 0.25) is 0 Å². The SMILES string of the molecule is CC(C)(C)C1CCC(CN2C3=NC[C@H](CC4CCCCC4)N3C[C@H]2CC2CCCCC2)CC1. The predicted octanol–water partition coefficient (Wildman–Crippen LogP) is 7.50. The van der Waals surface area contributed by atoms with Gasteiger partial charge in [-0.3, -0.25) is 4.99 Å². The van der Waals surface area contributed by atoms with Gasteiger partial charge in [-0.05, 0) is 67.6 Å². The normalized spacial score (nSPS) is 34.6. The molecule has 2 aliphatic heterocycles. The fourth-order valence-electron chi connectivity index (χ4n) is 8.25. The Kier molecular flexibility index (Phi) is 7.62. The van der Waals surface area contributed by atoms with Crippen LogP contribution in [0.3, 0.4) is 0 Å². The van der Waals surface area contributed by atoms with Crippen LogP contribution in [-0.4, -0.2) is 47.5 Å². The van der Waals surface area contributed by atoms with E-state index in [0.29, 0.717) is 11.5 Å². The maximum Gasteiger partial charge on any atom is 0.197 e. The van der Waals surface area contributed by atoms with E-state index in [9.17, 15) is 0 Å². The van der Waals surface area contributed by atoms with Crippen molar-refractivity contribution in [2.75, 3.05) is 19.6 Å². The molecule has 2 atom stereocenters. The van der Waals surface area contributed by atoms with Gasteiger partial charge in [0.15, 0.2) is 5.96 Å². The van der Waals surface area contributed by atoms with E-state index in [1.807, 2.05) is 0 Å². The standard InChI is InChI=1S/C30H53N3/c1-30(2,3)26-16-14-25(15-17-26)21-32-28(19-24-12-8-5-9-13-24)22-33-27(20-31-29(32)33)18-23-10-6-4-7-11-23/h23-28H,4-22H2,1-3H3/t25?,26?,27-,28+/m0/s1. The lowest BCUT2D eigenvalue weighted by atomic mass is 9.70. The van der Waals surface area contributed by atoms with E-state index < -0.39 is 0 Å². The summed E-state index contributed by atoms with van der Waals surface area (Å²) < 4.78 is 0. The van der Waals surface area contributed by atoms with Gasteiger partial charge in [0, 0.05) is 19.1 Å². The average molecular weight is 456 g/mol. The second-order valence-corrected chi connectivity index (χ2v) is 13.8. The third-order valence-corrected chi connectivity index (χ3v) is 10.4. The molecule has 3 saturated carbocycles. The van der Waals surface area contributed by atoms with Crippen LogP contribution >= 0.6 is 0 Å². The first kappa shape index (κ1) is 24.0. The summed E-state index contributed by atoms with van der Waals surface area (Å²) in [4.78, 5) is 10.9. The molecule has 188 valence electrons. The Bertz CT molecular complexity index is 644. The molecule has 4 fully saturated rings. The molecule has 3 aliphatic carbocycles. The van der Waals surface area contributed by atoms with Gasteiger partial charge in [-0.1, -0.05) is 85.0 Å². The fourth-order valence-corrected chi connectivity index (χ4v) is 8.25. The number of hydrogen-bond donors (Lipinski definition) is 0. The maximum absolute atomic E-state index is 5.26. The summed E-state index contributed by atoms with van der Waals surface area (Å²) in [5.74, 6) is 5.18. The summed E-state index contributed by atoms with van der Waals surface area (Å²) in [5, 5.41) is 0. The van der Waals surface area contributed by atoms with Crippen LogP contribution in [0.4, 0.5) is 0 Å². The highest BCUT2D eigenvalue weighted by molar-refractivity contribution is 5.84. The summed E-state index contributed by atoms with van der Waals surface area (Å²) in [6.45, 7) is 11.0. The molecule has 5 rings (SSSR count). The van der Waals surface area contributed by atoms with Gasteiger partial charge < -0.3 is 9.80 Å². The third-order valence-electron chi connectivity index (χ3n) is 10.4. The van der Waals surface area contributed by atoms with Crippen molar-refractivity contribution >= 4 is 5.96 Å². The molecule has 1 saturated heterocycles. The quantitative estimate of drug-likeness (QED) is 0.413. The minimum absolute atomic E-state index is 0.487. The van der Waals surface area contributed by atoms with E-state index in [-0.39, 0.29) is 0 Å². The third kappa shape index (κ3) is 5.75. The first-order valence-corrected chi connectivity index (χ1v) is 15.0. The van der Waals surface area contributed by atoms with Crippen LogP contribution in [0.2, 0.25) is 0 Å². The van der Waals surface area contributed by atoms with Crippen molar-refractivity contribution in [2.24, 2.45) is 34.1 Å². The summed E-state index contributed by atoms with van der Waals surface area (Å²) in [7, 11) is 0. The number of rotatable bonds is 6. The summed E-state index contributed by atoms with van der Waals surface area (Å²) in [6, 6.07) is 1.44. The first-order valence-electron chi connectivity index (χ1n) is 15.0. The Morgan fingerprint density at radius 1 is 0.697 bits per heavy atom. The van der Waals surface area contributed by atoms with Crippen LogP contribution < -0.4 is 0 Å². The smallest absolute Gasteiger partial charge is 0.197 e. The predicted molar refractivity (Wildman–Crippen MR) is 141 cm³/mol. The van der Waals surface area contributed by atoms with Crippen molar-refractivity contribution in [3.8, 4) is 0 Å². The lowest BCUT2D eigenvalue weighted by Gasteiger charge is -2.39. The molecule has 0 aromatic carbocycles. The van der Waals surface area contributed by atoms with Crippen LogP contribution in [0.15, 0.2) is 4.99 Å². The maximum atomic E-state index is 5.26. The molecule has 2 heterocycles. The van der Waals surface area contributed by atoms with Crippen molar-refractivity contribution in [1.29, 1.82) is 0 Å². The highest BCUT2D eigenvalue weighted by Gasteiger charge is 2.44. The summed E-state index contributed by atoms with van der Waals surface area (Å²) in [5.41, 5.74) is 0.487. The van der Waals surface area contributed by atoms with E-state index in [0.717, 1.165) is 36.3 Å². The molecule has 5 aliphatic rings. The Balaban J connectivity index is 1.23. The number of fused-ring (bicyclic) bond motifs is 1. The Morgan fingerprint density at radius 2 is 1.27 bits per heavy atom. The van der Waals surface area contributed by atoms with Gasteiger partial charge in [0.05, 0.1) is 12.6 Å². The molecular formula is C30H53N3. The van der Waals surface area contributed by atoms with Crippen molar-refractivity contribution in [2.45, 2.75) is 136 Å². The zero-order valence-electron chi connectivity index (χ0n) is 22.2. The van der Waals surface area contributed by atoms with Crippen molar-refractivity contribution in [3.05, 3.63) is 0 Å². The van der Waals surface area contributed by atoms with Gasteiger partial charge in [0.1, 0.15) is 0 Å². The molecule has 33 heavy (non-hydrogen) atoms. The van der Waals surface area contributed by atoms with Crippen LogP contribution in [0.5, 0.6) is 0 Å². The van der Waals surface area contributed by atoms with Crippen LogP contribution in [0, 0.1) is 29.1 Å². The number of aliphatic imine (C=N–C) groups is 1. The van der Waals surface area contributed by atoms with E-state index >= 15 is 0 Å². The minimum atomic E-state index is 0.487. The molecule has 0 aromatic rings. The summed E-state index contributed by atoms with van der Waals surface area (Å²) >= 11 is 0.